The fourth-order valence-electron chi connectivity index (χ4n) is 4.92. The second kappa shape index (κ2) is 10.4. The Kier molecular flexibility index (Phi) is 7.93. The zero-order valence-electron chi connectivity index (χ0n) is 18.2. The minimum Gasteiger partial charge on any atom is -0.324 e. The van der Waals surface area contributed by atoms with E-state index in [4.69, 9.17) is 5.73 Å². The highest BCUT2D eigenvalue weighted by Crippen LogP contribution is 2.40. The molecule has 28 heavy (non-hydrogen) atoms. The molecule has 0 amide bonds. The largest absolute Gasteiger partial charge is 0.324 e. The number of nitrogens with two attached hydrogens (primary N) is 1. The van der Waals surface area contributed by atoms with Crippen LogP contribution in [0.15, 0.2) is 48.1 Å². The lowest BCUT2D eigenvalue weighted by Gasteiger charge is -2.28. The van der Waals surface area contributed by atoms with Crippen LogP contribution in [0.25, 0.3) is 5.57 Å². The molecule has 2 unspecified atom stereocenters. The molecule has 2 aliphatic carbocycles. The first kappa shape index (κ1) is 21.3. The maximum absolute atomic E-state index is 6.44. The predicted octanol–water partition coefficient (Wildman–Crippen LogP) is 5.95. The lowest BCUT2D eigenvalue weighted by Crippen LogP contribution is -2.30. The first-order valence-electron chi connectivity index (χ1n) is 11.7. The molecule has 0 bridgehead atoms. The first-order chi connectivity index (χ1) is 13.7. The van der Waals surface area contributed by atoms with Crippen LogP contribution in [-0.4, -0.2) is 18.6 Å². The summed E-state index contributed by atoms with van der Waals surface area (Å²) in [6, 6.07) is 11.6. The summed E-state index contributed by atoms with van der Waals surface area (Å²) in [4.78, 5) is 0. The number of hydrogen-bond donors (Lipinski definition) is 2. The molecule has 4 atom stereocenters. The monoisotopic (exact) mass is 380 g/mol. The van der Waals surface area contributed by atoms with Crippen molar-refractivity contribution in [2.75, 3.05) is 6.54 Å². The van der Waals surface area contributed by atoms with Crippen molar-refractivity contribution < 1.29 is 0 Å². The zero-order valence-corrected chi connectivity index (χ0v) is 18.2. The first-order valence-corrected chi connectivity index (χ1v) is 11.7. The predicted molar refractivity (Wildman–Crippen MR) is 122 cm³/mol. The molecule has 2 nitrogen and oxygen atoms in total. The third-order valence-electron chi connectivity index (χ3n) is 6.79. The van der Waals surface area contributed by atoms with Gasteiger partial charge < -0.3 is 11.1 Å². The van der Waals surface area contributed by atoms with E-state index in [9.17, 15) is 0 Å². The van der Waals surface area contributed by atoms with E-state index in [1.807, 2.05) is 13.8 Å². The number of rotatable bonds is 5. The van der Waals surface area contributed by atoms with Crippen molar-refractivity contribution in [3.63, 3.8) is 0 Å². The summed E-state index contributed by atoms with van der Waals surface area (Å²) < 4.78 is 0. The standard InChI is InChI=1S/C24H34N2.C2H6/c1-17(18-7-8-18)15-22-11-9-19(13-14-26-22)21-10-12-24(25)23(16-21)20-5-3-2-4-6-20;1-2/h2-6,13,16-18,21-22,24,26H,7-12,14-15,25H2,1H3;1-2H3/t17?,21-,22?,24+;/m1./s1. The SMILES string of the molecule is CC.CC(CC1CCC([C@H]2C=C(c3ccccc3)[C@@H](N)CC2)=CCN1)C1CC1. The van der Waals surface area contributed by atoms with Gasteiger partial charge >= 0.3 is 0 Å². The van der Waals surface area contributed by atoms with Crippen LogP contribution in [0.1, 0.15) is 71.3 Å². The molecule has 3 N–H and O–H groups in total. The van der Waals surface area contributed by atoms with Crippen LogP contribution in [0, 0.1) is 17.8 Å². The molecule has 1 aliphatic heterocycles. The molecule has 1 fully saturated rings. The molecular formula is C26H40N2. The maximum atomic E-state index is 6.44. The molecule has 1 saturated carbocycles. The minimum atomic E-state index is 0.185. The Balaban J connectivity index is 0.00000109. The summed E-state index contributed by atoms with van der Waals surface area (Å²) in [5, 5.41) is 3.79. The van der Waals surface area contributed by atoms with E-state index in [-0.39, 0.29) is 6.04 Å². The second-order valence-corrected chi connectivity index (χ2v) is 8.75. The molecule has 4 rings (SSSR count). The van der Waals surface area contributed by atoms with E-state index in [1.54, 1.807) is 5.57 Å². The molecule has 0 spiro atoms. The van der Waals surface area contributed by atoms with E-state index >= 15 is 0 Å². The van der Waals surface area contributed by atoms with Crippen LogP contribution in [0.5, 0.6) is 0 Å². The van der Waals surface area contributed by atoms with Gasteiger partial charge in [-0.2, -0.15) is 0 Å². The van der Waals surface area contributed by atoms with Crippen molar-refractivity contribution in [1.82, 2.24) is 5.32 Å². The average molecular weight is 381 g/mol. The van der Waals surface area contributed by atoms with Crippen LogP contribution in [0.3, 0.4) is 0 Å². The van der Waals surface area contributed by atoms with Crippen LogP contribution in [0.4, 0.5) is 0 Å². The summed E-state index contributed by atoms with van der Waals surface area (Å²) in [6.07, 6.45) is 14.1. The van der Waals surface area contributed by atoms with Gasteiger partial charge in [0.2, 0.25) is 0 Å². The van der Waals surface area contributed by atoms with E-state index in [2.05, 4.69) is 54.7 Å². The number of allylic oxidation sites excluding steroid dienone is 2. The van der Waals surface area contributed by atoms with Gasteiger partial charge in [0.15, 0.2) is 0 Å². The Bertz CT molecular complexity index is 656. The Labute approximate surface area is 172 Å². The summed E-state index contributed by atoms with van der Waals surface area (Å²) in [5.74, 6) is 2.49. The summed E-state index contributed by atoms with van der Waals surface area (Å²) in [6.45, 7) is 7.49. The molecule has 2 heteroatoms. The summed E-state index contributed by atoms with van der Waals surface area (Å²) in [5.41, 5.74) is 10.7. The van der Waals surface area contributed by atoms with E-state index in [1.165, 1.54) is 49.7 Å². The third-order valence-corrected chi connectivity index (χ3v) is 6.79. The summed E-state index contributed by atoms with van der Waals surface area (Å²) in [7, 11) is 0. The number of benzene rings is 1. The summed E-state index contributed by atoms with van der Waals surface area (Å²) >= 11 is 0. The van der Waals surface area contributed by atoms with Crippen LogP contribution in [0.2, 0.25) is 0 Å². The molecule has 1 aromatic rings. The average Bonchev–Trinajstić information content (AvgIpc) is 3.59. The molecule has 3 aliphatic rings. The van der Waals surface area contributed by atoms with Gasteiger partial charge in [-0.05, 0) is 73.8 Å². The van der Waals surface area contributed by atoms with Crippen LogP contribution < -0.4 is 11.1 Å². The molecule has 0 saturated heterocycles. The smallest absolute Gasteiger partial charge is 0.0298 e. The quantitative estimate of drug-likeness (QED) is 0.620. The second-order valence-electron chi connectivity index (χ2n) is 8.75. The van der Waals surface area contributed by atoms with Gasteiger partial charge in [-0.15, -0.1) is 0 Å². The van der Waals surface area contributed by atoms with E-state index < -0.39 is 0 Å². The van der Waals surface area contributed by atoms with Crippen LogP contribution in [-0.2, 0) is 0 Å². The van der Waals surface area contributed by atoms with Gasteiger partial charge in [-0.25, -0.2) is 0 Å². The number of nitrogens with one attached hydrogen (secondary N) is 1. The molecule has 154 valence electrons. The van der Waals surface area contributed by atoms with Gasteiger partial charge in [0, 0.05) is 18.6 Å². The van der Waals surface area contributed by atoms with Gasteiger partial charge in [0.1, 0.15) is 0 Å². The normalized spacial score (nSPS) is 28.9. The Morgan fingerprint density at radius 1 is 1.04 bits per heavy atom. The van der Waals surface area contributed by atoms with E-state index in [0.717, 1.165) is 24.8 Å². The zero-order chi connectivity index (χ0) is 19.9. The molecule has 1 aromatic carbocycles. The van der Waals surface area contributed by atoms with Crippen molar-refractivity contribution in [2.24, 2.45) is 23.5 Å². The highest BCUT2D eigenvalue weighted by Gasteiger charge is 2.30. The van der Waals surface area contributed by atoms with Crippen molar-refractivity contribution in [2.45, 2.75) is 77.8 Å². The highest BCUT2D eigenvalue weighted by atomic mass is 14.9. The van der Waals surface area contributed by atoms with Crippen molar-refractivity contribution in [3.8, 4) is 0 Å². The molecule has 1 heterocycles. The molecular weight excluding hydrogens is 340 g/mol. The van der Waals surface area contributed by atoms with Gasteiger partial charge in [0.05, 0.1) is 0 Å². The Hall–Kier alpha value is -1.38. The van der Waals surface area contributed by atoms with Gasteiger partial charge in [-0.1, -0.05) is 68.8 Å². The Morgan fingerprint density at radius 3 is 2.50 bits per heavy atom. The van der Waals surface area contributed by atoms with Crippen molar-refractivity contribution in [3.05, 3.63) is 53.6 Å². The Morgan fingerprint density at radius 2 is 1.79 bits per heavy atom. The van der Waals surface area contributed by atoms with E-state index in [0.29, 0.717) is 12.0 Å². The highest BCUT2D eigenvalue weighted by molar-refractivity contribution is 5.70. The van der Waals surface area contributed by atoms with Crippen molar-refractivity contribution >= 4 is 5.57 Å². The van der Waals surface area contributed by atoms with Gasteiger partial charge in [-0.3, -0.25) is 0 Å². The van der Waals surface area contributed by atoms with Crippen LogP contribution >= 0.6 is 0 Å². The van der Waals surface area contributed by atoms with Gasteiger partial charge in [0.25, 0.3) is 0 Å². The lowest BCUT2D eigenvalue weighted by molar-refractivity contribution is 0.368. The van der Waals surface area contributed by atoms with Crippen molar-refractivity contribution in [1.29, 1.82) is 0 Å². The third kappa shape index (κ3) is 5.58. The number of hydrogen-bond acceptors (Lipinski definition) is 2. The lowest BCUT2D eigenvalue weighted by atomic mass is 9.79. The fourth-order valence-corrected chi connectivity index (χ4v) is 4.92. The molecule has 0 radical (unpaired) electrons. The topological polar surface area (TPSA) is 38.0 Å². The minimum absolute atomic E-state index is 0.185. The fraction of sp³-hybridized carbons (Fsp3) is 0.615. The molecule has 0 aromatic heterocycles. The maximum Gasteiger partial charge on any atom is 0.0298 e.